The molecule has 0 heterocycles. The Bertz CT molecular complexity index is 171. The molecule has 0 bridgehead atoms. The average molecular weight is 203 g/mol. The fraction of sp³-hybridized carbons (Fsp3) is 0.900. The van der Waals surface area contributed by atoms with Crippen molar-refractivity contribution in [3.8, 4) is 0 Å². The second kappa shape index (κ2) is 5.86. The molecule has 0 aliphatic heterocycles. The highest BCUT2D eigenvalue weighted by Crippen LogP contribution is 2.18. The minimum atomic E-state index is -0.381. The summed E-state index contributed by atoms with van der Waals surface area (Å²) in [6.07, 6.45) is 3.13. The predicted octanol–water partition coefficient (Wildman–Crippen LogP) is 1.67. The maximum absolute atomic E-state index is 11.1. The van der Waals surface area contributed by atoms with Gasteiger partial charge < -0.3 is 15.2 Å². The molecule has 0 aromatic rings. The van der Waals surface area contributed by atoms with Crippen molar-refractivity contribution in [3.63, 3.8) is 0 Å². The largest absolute Gasteiger partial charge is 0.444 e. The second-order valence-corrected chi connectivity index (χ2v) is 4.27. The van der Waals surface area contributed by atoms with Gasteiger partial charge in [-0.2, -0.15) is 0 Å². The molecule has 1 aliphatic rings. The zero-order valence-corrected chi connectivity index (χ0v) is 9.46. The quantitative estimate of drug-likeness (QED) is 0.681. The first-order valence-electron chi connectivity index (χ1n) is 4.91. The Morgan fingerprint density at radius 3 is 2.14 bits per heavy atom. The molecule has 1 saturated carbocycles. The van der Waals surface area contributed by atoms with Gasteiger partial charge in [-0.25, -0.2) is 4.79 Å². The molecule has 2 N–H and O–H groups in total. The van der Waals surface area contributed by atoms with Crippen LogP contribution in [0.2, 0.25) is 0 Å². The van der Waals surface area contributed by atoms with Crippen LogP contribution in [0.15, 0.2) is 0 Å². The highest BCUT2D eigenvalue weighted by Gasteiger charge is 2.22. The molecule has 4 heteroatoms. The maximum Gasteiger partial charge on any atom is 0.407 e. The van der Waals surface area contributed by atoms with Crippen LogP contribution in [0.4, 0.5) is 4.79 Å². The Morgan fingerprint density at radius 1 is 1.36 bits per heavy atom. The molecule has 1 rings (SSSR count). The van der Waals surface area contributed by atoms with Crippen molar-refractivity contribution in [2.24, 2.45) is 0 Å². The standard InChI is InChI=1S/C9H17NO2.CH4O/c1-9(2,3)12-8(11)10-7-5-4-6-7;1-2/h7H,4-6H2,1-3H3,(H,10,11);2H,1H3. The van der Waals surface area contributed by atoms with Crippen LogP contribution in [0.1, 0.15) is 40.0 Å². The van der Waals surface area contributed by atoms with Crippen LogP contribution in [0.3, 0.4) is 0 Å². The van der Waals surface area contributed by atoms with Crippen molar-refractivity contribution >= 4 is 6.09 Å². The Labute approximate surface area is 85.6 Å². The summed E-state index contributed by atoms with van der Waals surface area (Å²) in [7, 11) is 1.00. The Kier molecular flexibility index (Phi) is 5.53. The monoisotopic (exact) mass is 203 g/mol. The van der Waals surface area contributed by atoms with E-state index in [0.717, 1.165) is 20.0 Å². The lowest BCUT2D eigenvalue weighted by molar-refractivity contribution is 0.0480. The molecule has 84 valence electrons. The molecule has 0 aromatic carbocycles. The normalized spacial score (nSPS) is 16.1. The smallest absolute Gasteiger partial charge is 0.407 e. The van der Waals surface area contributed by atoms with E-state index in [1.54, 1.807) is 0 Å². The number of carbonyl (C=O) groups excluding carboxylic acids is 1. The number of nitrogens with one attached hydrogen (secondary N) is 1. The van der Waals surface area contributed by atoms with Crippen LogP contribution >= 0.6 is 0 Å². The lowest BCUT2D eigenvalue weighted by Gasteiger charge is -2.28. The van der Waals surface area contributed by atoms with Crippen molar-refractivity contribution in [1.29, 1.82) is 0 Å². The minimum absolute atomic E-state index is 0.285. The molecule has 0 unspecified atom stereocenters. The average Bonchev–Trinajstić information content (AvgIpc) is 1.98. The van der Waals surface area contributed by atoms with Crippen LogP contribution in [-0.4, -0.2) is 30.0 Å². The number of aliphatic hydroxyl groups is 1. The molecular weight excluding hydrogens is 182 g/mol. The first-order valence-corrected chi connectivity index (χ1v) is 4.91. The van der Waals surface area contributed by atoms with Crippen molar-refractivity contribution in [2.75, 3.05) is 7.11 Å². The summed E-state index contributed by atoms with van der Waals surface area (Å²) in [5, 5.41) is 9.81. The molecule has 0 saturated heterocycles. The number of aliphatic hydroxyl groups excluding tert-OH is 1. The fourth-order valence-electron chi connectivity index (χ4n) is 1.03. The lowest BCUT2D eigenvalue weighted by Crippen LogP contribution is -2.42. The van der Waals surface area contributed by atoms with E-state index in [2.05, 4.69) is 5.32 Å². The first-order chi connectivity index (χ1) is 6.47. The topological polar surface area (TPSA) is 58.6 Å². The van der Waals surface area contributed by atoms with Crippen molar-refractivity contribution in [3.05, 3.63) is 0 Å². The van der Waals surface area contributed by atoms with Gasteiger partial charge >= 0.3 is 6.09 Å². The minimum Gasteiger partial charge on any atom is -0.444 e. The number of amides is 1. The van der Waals surface area contributed by atoms with E-state index in [9.17, 15) is 4.79 Å². The fourth-order valence-corrected chi connectivity index (χ4v) is 1.03. The van der Waals surface area contributed by atoms with Gasteiger partial charge in [0.25, 0.3) is 0 Å². The Hall–Kier alpha value is -0.770. The zero-order valence-electron chi connectivity index (χ0n) is 9.46. The summed E-state index contributed by atoms with van der Waals surface area (Å²) >= 11 is 0. The van der Waals surface area contributed by atoms with E-state index in [1.165, 1.54) is 6.42 Å². The van der Waals surface area contributed by atoms with E-state index < -0.39 is 0 Å². The van der Waals surface area contributed by atoms with E-state index in [4.69, 9.17) is 9.84 Å². The summed E-state index contributed by atoms with van der Waals surface area (Å²) in [4.78, 5) is 11.1. The summed E-state index contributed by atoms with van der Waals surface area (Å²) in [6.45, 7) is 5.61. The van der Waals surface area contributed by atoms with Crippen LogP contribution < -0.4 is 5.32 Å². The molecular formula is C10H21NO3. The van der Waals surface area contributed by atoms with Crippen LogP contribution in [0.25, 0.3) is 0 Å². The first kappa shape index (κ1) is 13.2. The number of hydrogen-bond acceptors (Lipinski definition) is 3. The summed E-state index contributed by atoms with van der Waals surface area (Å²) < 4.78 is 5.09. The molecule has 0 spiro atoms. The zero-order chi connectivity index (χ0) is 11.2. The van der Waals surface area contributed by atoms with Crippen molar-refractivity contribution in [1.82, 2.24) is 5.32 Å². The SMILES string of the molecule is CC(C)(C)OC(=O)NC1CCC1.CO. The van der Waals surface area contributed by atoms with E-state index in [-0.39, 0.29) is 11.7 Å². The molecule has 4 nitrogen and oxygen atoms in total. The Morgan fingerprint density at radius 2 is 1.86 bits per heavy atom. The van der Waals surface area contributed by atoms with Crippen LogP contribution in [0.5, 0.6) is 0 Å². The third-order valence-electron chi connectivity index (χ3n) is 1.83. The van der Waals surface area contributed by atoms with Gasteiger partial charge in [0.2, 0.25) is 0 Å². The molecule has 1 aliphatic carbocycles. The van der Waals surface area contributed by atoms with E-state index in [1.807, 2.05) is 20.8 Å². The molecule has 0 aromatic heterocycles. The molecule has 0 atom stereocenters. The highest BCUT2D eigenvalue weighted by atomic mass is 16.6. The van der Waals surface area contributed by atoms with Crippen LogP contribution in [0, 0.1) is 0 Å². The van der Waals surface area contributed by atoms with Gasteiger partial charge in [0, 0.05) is 13.2 Å². The number of alkyl carbamates (subject to hydrolysis) is 1. The molecule has 0 radical (unpaired) electrons. The van der Waals surface area contributed by atoms with Gasteiger partial charge in [-0.15, -0.1) is 0 Å². The van der Waals surface area contributed by atoms with Crippen molar-refractivity contribution in [2.45, 2.75) is 51.7 Å². The van der Waals surface area contributed by atoms with Gasteiger partial charge in [0.15, 0.2) is 0 Å². The summed E-state index contributed by atoms with van der Waals surface area (Å²) in [5.41, 5.74) is -0.381. The molecule has 1 fully saturated rings. The lowest BCUT2D eigenvalue weighted by atomic mass is 9.93. The molecule has 14 heavy (non-hydrogen) atoms. The number of rotatable bonds is 1. The maximum atomic E-state index is 11.1. The third kappa shape index (κ3) is 5.80. The predicted molar refractivity (Wildman–Crippen MR) is 55.2 cm³/mol. The van der Waals surface area contributed by atoms with Gasteiger partial charge in [-0.1, -0.05) is 0 Å². The Balaban J connectivity index is 0.000000791. The van der Waals surface area contributed by atoms with Gasteiger partial charge in [0.1, 0.15) is 5.60 Å². The highest BCUT2D eigenvalue weighted by molar-refractivity contribution is 5.68. The summed E-state index contributed by atoms with van der Waals surface area (Å²) in [6, 6.07) is 0.361. The summed E-state index contributed by atoms with van der Waals surface area (Å²) in [5.74, 6) is 0. The second-order valence-electron chi connectivity index (χ2n) is 4.27. The van der Waals surface area contributed by atoms with E-state index in [0.29, 0.717) is 6.04 Å². The number of carbonyl (C=O) groups is 1. The molecule has 1 amide bonds. The third-order valence-corrected chi connectivity index (χ3v) is 1.83. The van der Waals surface area contributed by atoms with Gasteiger partial charge in [-0.3, -0.25) is 0 Å². The van der Waals surface area contributed by atoms with E-state index >= 15 is 0 Å². The van der Waals surface area contributed by atoms with Gasteiger partial charge in [0.05, 0.1) is 0 Å². The number of ether oxygens (including phenoxy) is 1. The number of hydrogen-bond donors (Lipinski definition) is 2. The van der Waals surface area contributed by atoms with Gasteiger partial charge in [-0.05, 0) is 40.0 Å². The van der Waals surface area contributed by atoms with Crippen LogP contribution in [-0.2, 0) is 4.74 Å². The van der Waals surface area contributed by atoms with Crippen molar-refractivity contribution < 1.29 is 14.6 Å².